The van der Waals surface area contributed by atoms with Crippen molar-refractivity contribution in [3.05, 3.63) is 40.9 Å². The Balaban J connectivity index is 2.10. The number of hydrogen-bond acceptors (Lipinski definition) is 4. The van der Waals surface area contributed by atoms with Crippen LogP contribution >= 0.6 is 11.3 Å². The van der Waals surface area contributed by atoms with Crippen LogP contribution in [0, 0.1) is 0 Å². The number of nitrogens with zero attached hydrogens (tertiary/aromatic N) is 1. The molecule has 0 spiro atoms. The van der Waals surface area contributed by atoms with Gasteiger partial charge in [0.25, 0.3) is 0 Å². The van der Waals surface area contributed by atoms with Crippen LogP contribution < -0.4 is 5.32 Å². The molecular formula is C16H20N2O2S. The number of hydrogen-bond donors (Lipinski definition) is 2. The zero-order valence-corrected chi connectivity index (χ0v) is 13.3. The Hall–Kier alpha value is -1.88. The molecular weight excluding hydrogens is 284 g/mol. The molecule has 0 bridgehead atoms. The fourth-order valence-corrected chi connectivity index (χ4v) is 2.79. The number of aromatic nitrogens is 1. The van der Waals surface area contributed by atoms with E-state index in [4.69, 9.17) is 0 Å². The van der Waals surface area contributed by atoms with Gasteiger partial charge in [-0.15, -0.1) is 11.3 Å². The van der Waals surface area contributed by atoms with E-state index in [9.17, 15) is 9.90 Å². The molecule has 4 nitrogen and oxygen atoms in total. The summed E-state index contributed by atoms with van der Waals surface area (Å²) >= 11 is 1.42. The molecule has 0 unspecified atom stereocenters. The van der Waals surface area contributed by atoms with Crippen LogP contribution in [0.1, 0.15) is 38.4 Å². The molecule has 5 heteroatoms. The number of aryl methyl sites for hydroxylation is 1. The highest BCUT2D eigenvalue weighted by molar-refractivity contribution is 7.13. The zero-order valence-electron chi connectivity index (χ0n) is 12.5. The van der Waals surface area contributed by atoms with Crippen LogP contribution in [-0.2, 0) is 16.6 Å². The highest BCUT2D eigenvalue weighted by Crippen LogP contribution is 2.29. The summed E-state index contributed by atoms with van der Waals surface area (Å²) in [5.74, 6) is -0.872. The van der Waals surface area contributed by atoms with Gasteiger partial charge in [-0.25, -0.2) is 4.98 Å². The summed E-state index contributed by atoms with van der Waals surface area (Å²) in [5, 5.41) is 14.9. The third-order valence-corrected chi connectivity index (χ3v) is 4.18. The number of nitrogens with one attached hydrogen (secondary N) is 1. The van der Waals surface area contributed by atoms with E-state index in [0.717, 1.165) is 18.5 Å². The molecule has 1 aromatic heterocycles. The van der Waals surface area contributed by atoms with Crippen molar-refractivity contribution in [1.29, 1.82) is 0 Å². The smallest absolute Gasteiger partial charge is 0.315 e. The van der Waals surface area contributed by atoms with Gasteiger partial charge in [0.2, 0.25) is 0 Å². The van der Waals surface area contributed by atoms with Crippen molar-refractivity contribution >= 4 is 28.1 Å². The second-order valence-corrected chi connectivity index (χ2v) is 6.40. The Morgan fingerprint density at radius 3 is 2.57 bits per heavy atom. The van der Waals surface area contributed by atoms with Crippen molar-refractivity contribution in [1.82, 2.24) is 4.98 Å². The van der Waals surface area contributed by atoms with Crippen molar-refractivity contribution < 1.29 is 9.90 Å². The van der Waals surface area contributed by atoms with Crippen LogP contribution in [0.2, 0.25) is 0 Å². The second kappa shape index (κ2) is 6.26. The van der Waals surface area contributed by atoms with Gasteiger partial charge in [0.1, 0.15) is 5.41 Å². The number of carbonyl (C=O) groups is 1. The molecule has 0 atom stereocenters. The second-order valence-electron chi connectivity index (χ2n) is 5.54. The van der Waals surface area contributed by atoms with E-state index in [-0.39, 0.29) is 0 Å². The zero-order chi connectivity index (χ0) is 15.5. The monoisotopic (exact) mass is 304 g/mol. The van der Waals surface area contributed by atoms with E-state index in [0.29, 0.717) is 10.8 Å². The van der Waals surface area contributed by atoms with Gasteiger partial charge in [-0.1, -0.05) is 25.5 Å². The lowest BCUT2D eigenvalue weighted by molar-refractivity contribution is -0.142. The molecule has 0 saturated heterocycles. The largest absolute Gasteiger partial charge is 0.481 e. The van der Waals surface area contributed by atoms with Crippen molar-refractivity contribution in [3.63, 3.8) is 0 Å². The Bertz CT molecular complexity index is 617. The summed E-state index contributed by atoms with van der Waals surface area (Å²) in [5.41, 5.74) is 1.88. The van der Waals surface area contributed by atoms with Crippen LogP contribution in [-0.4, -0.2) is 16.1 Å². The van der Waals surface area contributed by atoms with E-state index in [2.05, 4.69) is 29.4 Å². The Morgan fingerprint density at radius 2 is 2.00 bits per heavy atom. The summed E-state index contributed by atoms with van der Waals surface area (Å²) < 4.78 is 0. The quantitative estimate of drug-likeness (QED) is 0.839. The lowest BCUT2D eigenvalue weighted by Crippen LogP contribution is -2.28. The van der Waals surface area contributed by atoms with Gasteiger partial charge in [0, 0.05) is 11.1 Å². The summed E-state index contributed by atoms with van der Waals surface area (Å²) in [4.78, 5) is 15.6. The van der Waals surface area contributed by atoms with Gasteiger partial charge < -0.3 is 10.4 Å². The Morgan fingerprint density at radius 1 is 1.33 bits per heavy atom. The molecule has 0 aliphatic carbocycles. The van der Waals surface area contributed by atoms with Gasteiger partial charge in [-0.2, -0.15) is 0 Å². The molecule has 21 heavy (non-hydrogen) atoms. The molecule has 0 aliphatic rings. The van der Waals surface area contributed by atoms with E-state index in [1.54, 1.807) is 19.2 Å². The summed E-state index contributed by atoms with van der Waals surface area (Å²) in [6.45, 7) is 5.48. The molecule has 1 aromatic carbocycles. The van der Waals surface area contributed by atoms with Crippen molar-refractivity contribution in [3.8, 4) is 0 Å². The number of benzene rings is 1. The maximum absolute atomic E-state index is 11.2. The highest BCUT2D eigenvalue weighted by atomic mass is 32.1. The van der Waals surface area contributed by atoms with E-state index < -0.39 is 11.4 Å². The average Bonchev–Trinajstić information content (AvgIpc) is 2.90. The van der Waals surface area contributed by atoms with Crippen LogP contribution in [0.4, 0.5) is 10.8 Å². The molecule has 2 rings (SSSR count). The fraction of sp³-hybridized carbons (Fsp3) is 0.375. The van der Waals surface area contributed by atoms with Gasteiger partial charge in [0.05, 0.1) is 5.69 Å². The first-order valence-corrected chi connectivity index (χ1v) is 7.87. The molecule has 112 valence electrons. The number of aliphatic carboxylic acids is 1. The number of anilines is 2. The van der Waals surface area contributed by atoms with Gasteiger partial charge in [0.15, 0.2) is 5.13 Å². The molecule has 0 fully saturated rings. The number of thiazole rings is 1. The molecule has 2 N–H and O–H groups in total. The summed E-state index contributed by atoms with van der Waals surface area (Å²) in [6.07, 6.45) is 2.21. The SMILES string of the molecule is CCCc1ccc(Nc2nc(C(C)(C)C(=O)O)cs2)cc1. The van der Waals surface area contributed by atoms with Gasteiger partial charge in [-0.05, 0) is 38.0 Å². The number of carboxylic acid groups (broad SMARTS) is 1. The van der Waals surface area contributed by atoms with Crippen LogP contribution in [0.5, 0.6) is 0 Å². The van der Waals surface area contributed by atoms with E-state index in [1.807, 2.05) is 12.1 Å². The number of carboxylic acids is 1. The first-order chi connectivity index (χ1) is 9.93. The van der Waals surface area contributed by atoms with Crippen molar-refractivity contribution in [2.24, 2.45) is 0 Å². The molecule has 1 heterocycles. The van der Waals surface area contributed by atoms with Crippen LogP contribution in [0.25, 0.3) is 0 Å². The van der Waals surface area contributed by atoms with Gasteiger partial charge in [-0.3, -0.25) is 4.79 Å². The Labute approximate surface area is 128 Å². The third-order valence-electron chi connectivity index (χ3n) is 3.42. The minimum Gasteiger partial charge on any atom is -0.481 e. The molecule has 0 amide bonds. The maximum atomic E-state index is 11.2. The fourth-order valence-electron chi connectivity index (χ4n) is 1.89. The first-order valence-electron chi connectivity index (χ1n) is 6.99. The van der Waals surface area contributed by atoms with Crippen molar-refractivity contribution in [2.45, 2.75) is 39.0 Å². The molecule has 0 saturated carbocycles. The predicted molar refractivity (Wildman–Crippen MR) is 86.5 cm³/mol. The minimum atomic E-state index is -0.971. The number of rotatable bonds is 6. The predicted octanol–water partition coefficient (Wildman–Crippen LogP) is 4.20. The topological polar surface area (TPSA) is 62.2 Å². The summed E-state index contributed by atoms with van der Waals surface area (Å²) in [7, 11) is 0. The average molecular weight is 304 g/mol. The normalized spacial score (nSPS) is 11.4. The van der Waals surface area contributed by atoms with E-state index in [1.165, 1.54) is 16.9 Å². The molecule has 0 aliphatic heterocycles. The Kier molecular flexibility index (Phi) is 4.63. The minimum absolute atomic E-state index is 0.574. The lowest BCUT2D eigenvalue weighted by atomic mass is 9.90. The lowest BCUT2D eigenvalue weighted by Gasteiger charge is -2.15. The van der Waals surface area contributed by atoms with E-state index >= 15 is 0 Å². The highest BCUT2D eigenvalue weighted by Gasteiger charge is 2.32. The summed E-state index contributed by atoms with van der Waals surface area (Å²) in [6, 6.07) is 8.24. The molecule has 0 radical (unpaired) electrons. The standard InChI is InChI=1S/C16H20N2O2S/c1-4-5-11-6-8-12(9-7-11)17-15-18-13(10-21-15)16(2,3)14(19)20/h6-10H,4-5H2,1-3H3,(H,17,18)(H,19,20). The molecule has 2 aromatic rings. The van der Waals surface area contributed by atoms with Gasteiger partial charge >= 0.3 is 5.97 Å². The maximum Gasteiger partial charge on any atom is 0.315 e. The third kappa shape index (κ3) is 3.61. The van der Waals surface area contributed by atoms with Crippen LogP contribution in [0.15, 0.2) is 29.6 Å². The first kappa shape index (κ1) is 15.5. The van der Waals surface area contributed by atoms with Crippen molar-refractivity contribution in [2.75, 3.05) is 5.32 Å². The van der Waals surface area contributed by atoms with Crippen LogP contribution in [0.3, 0.4) is 0 Å².